The number of fused-ring (bicyclic) bond motifs is 8. The molecule has 0 saturated heterocycles. The minimum Gasteiger partial charge on any atom is -0.456 e. The van der Waals surface area contributed by atoms with Crippen LogP contribution in [0, 0.1) is 0 Å². The summed E-state index contributed by atoms with van der Waals surface area (Å²) in [6.07, 6.45) is 0. The van der Waals surface area contributed by atoms with Gasteiger partial charge in [-0.15, -0.1) is 0 Å². The third kappa shape index (κ3) is 5.59. The smallest absolute Gasteiger partial charge is 0.227 e. The summed E-state index contributed by atoms with van der Waals surface area (Å²) >= 11 is 0. The average Bonchev–Trinajstić information content (AvgIpc) is 4.02. The number of nitrogens with zero attached hydrogens (tertiary/aromatic N) is 3. The van der Waals surface area contributed by atoms with Gasteiger partial charge in [0.1, 0.15) is 16.7 Å². The molecule has 0 bridgehead atoms. The van der Waals surface area contributed by atoms with Crippen LogP contribution in [0.3, 0.4) is 0 Å². The molecule has 0 N–H and O–H groups in total. The highest BCUT2D eigenvalue weighted by atomic mass is 16.4. The minimum absolute atomic E-state index is 0.601. The topological polar surface area (TPSA) is 47.3 Å². The molecule has 0 spiro atoms. The molecule has 3 aromatic heterocycles. The Hall–Kier alpha value is -8.15. The molecule has 5 nitrogen and oxygen atoms in total. The van der Waals surface area contributed by atoms with Gasteiger partial charge >= 0.3 is 0 Å². The molecule has 0 aliphatic rings. The second-order valence-corrected chi connectivity index (χ2v) is 15.2. The van der Waals surface area contributed by atoms with Gasteiger partial charge in [-0.1, -0.05) is 115 Å². The van der Waals surface area contributed by atoms with Gasteiger partial charge in [-0.3, -0.25) is 0 Å². The predicted molar refractivity (Wildman–Crippen MR) is 247 cm³/mol. The number of hydrogen-bond donors (Lipinski definition) is 0. The zero-order valence-electron chi connectivity index (χ0n) is 32.4. The van der Waals surface area contributed by atoms with Gasteiger partial charge < -0.3 is 18.3 Å². The van der Waals surface area contributed by atoms with Gasteiger partial charge in [-0.25, -0.2) is 4.98 Å². The summed E-state index contributed by atoms with van der Waals surface area (Å²) in [6.45, 7) is 0. The first-order valence-corrected chi connectivity index (χ1v) is 20.2. The Kier molecular flexibility index (Phi) is 7.78. The molecule has 5 heteroatoms. The van der Waals surface area contributed by atoms with Crippen LogP contribution in [0.5, 0.6) is 0 Å². The van der Waals surface area contributed by atoms with Crippen LogP contribution in [0.4, 0.5) is 17.1 Å². The lowest BCUT2D eigenvalue weighted by Crippen LogP contribution is -2.10. The van der Waals surface area contributed by atoms with E-state index in [1.54, 1.807) is 0 Å². The summed E-state index contributed by atoms with van der Waals surface area (Å²) in [6, 6.07) is 74.7. The Morgan fingerprint density at radius 2 is 0.933 bits per heavy atom. The van der Waals surface area contributed by atoms with Crippen molar-refractivity contribution < 1.29 is 8.83 Å². The van der Waals surface area contributed by atoms with Gasteiger partial charge in [0.15, 0.2) is 5.58 Å². The minimum atomic E-state index is 0.601. The Bertz CT molecular complexity index is 3510. The van der Waals surface area contributed by atoms with Crippen molar-refractivity contribution in [1.29, 1.82) is 0 Å². The monoisotopic (exact) mass is 769 g/mol. The van der Waals surface area contributed by atoms with E-state index in [-0.39, 0.29) is 0 Å². The summed E-state index contributed by atoms with van der Waals surface area (Å²) in [5.74, 6) is 0.601. The highest BCUT2D eigenvalue weighted by Crippen LogP contribution is 2.42. The molecule has 0 saturated carbocycles. The van der Waals surface area contributed by atoms with Crippen LogP contribution in [0.25, 0.3) is 94.2 Å². The van der Waals surface area contributed by atoms with Crippen LogP contribution in [-0.2, 0) is 0 Å². The normalized spacial score (nSPS) is 11.7. The zero-order chi connectivity index (χ0) is 39.6. The number of para-hydroxylation sites is 2. The highest BCUT2D eigenvalue weighted by molar-refractivity contribution is 6.17. The van der Waals surface area contributed by atoms with E-state index in [9.17, 15) is 0 Å². The molecule has 3 heterocycles. The molecule has 12 aromatic rings. The Morgan fingerprint density at radius 3 is 1.67 bits per heavy atom. The van der Waals surface area contributed by atoms with Crippen LogP contribution >= 0.6 is 0 Å². The van der Waals surface area contributed by atoms with Gasteiger partial charge in [0.05, 0.1) is 16.4 Å². The standard InChI is InChI=1S/C55H35N3O2/c1-4-12-36(13-5-1)37-20-25-42(26-21-37)57(44-29-31-49-47(35-44)45-18-10-11-19-48(45)58(49)41-16-8-3-9-17-41)43-27-22-38(23-28-43)40-24-30-46-52(34-40)59-50-32-33-51-54(53(46)50)56-55(60-51)39-14-6-2-7-15-39/h1-35H. The maximum absolute atomic E-state index is 6.46. The Morgan fingerprint density at radius 1 is 0.367 bits per heavy atom. The van der Waals surface area contributed by atoms with Gasteiger partial charge in [0, 0.05) is 44.5 Å². The fourth-order valence-corrected chi connectivity index (χ4v) is 8.78. The SMILES string of the molecule is c1ccc(-c2ccc(N(c3ccc(-c4ccc5c(c4)oc4ccc6oc(-c7ccccc7)nc6c45)cc3)c3ccc4c(c3)c3ccccc3n4-c3ccccc3)cc2)cc1. The van der Waals surface area contributed by atoms with Gasteiger partial charge in [0.25, 0.3) is 0 Å². The molecular weight excluding hydrogens is 735 g/mol. The van der Waals surface area contributed by atoms with Crippen LogP contribution < -0.4 is 4.90 Å². The molecule has 0 amide bonds. The molecule has 9 aromatic carbocycles. The summed E-state index contributed by atoms with van der Waals surface area (Å²) < 4.78 is 15.0. The van der Waals surface area contributed by atoms with Crippen molar-refractivity contribution in [3.05, 3.63) is 212 Å². The second-order valence-electron chi connectivity index (χ2n) is 15.2. The largest absolute Gasteiger partial charge is 0.456 e. The third-order valence-corrected chi connectivity index (χ3v) is 11.6. The average molecular weight is 770 g/mol. The fourth-order valence-electron chi connectivity index (χ4n) is 8.78. The van der Waals surface area contributed by atoms with E-state index in [4.69, 9.17) is 13.8 Å². The maximum Gasteiger partial charge on any atom is 0.227 e. The van der Waals surface area contributed by atoms with E-state index in [1.807, 2.05) is 42.5 Å². The number of furan rings is 1. The number of rotatable bonds is 7. The van der Waals surface area contributed by atoms with E-state index in [0.717, 1.165) is 72.5 Å². The summed E-state index contributed by atoms with van der Waals surface area (Å²) in [5.41, 5.74) is 15.3. The van der Waals surface area contributed by atoms with Crippen molar-refractivity contribution in [2.45, 2.75) is 0 Å². The first kappa shape index (κ1) is 33.9. The molecule has 0 radical (unpaired) electrons. The molecule has 0 aliphatic heterocycles. The van der Waals surface area contributed by atoms with E-state index in [1.165, 1.54) is 32.9 Å². The van der Waals surface area contributed by atoms with E-state index >= 15 is 0 Å². The van der Waals surface area contributed by atoms with Crippen molar-refractivity contribution in [1.82, 2.24) is 9.55 Å². The lowest BCUT2D eigenvalue weighted by Gasteiger charge is -2.26. The molecule has 0 atom stereocenters. The lowest BCUT2D eigenvalue weighted by atomic mass is 10.0. The first-order valence-electron chi connectivity index (χ1n) is 20.2. The zero-order valence-corrected chi connectivity index (χ0v) is 32.4. The van der Waals surface area contributed by atoms with Crippen LogP contribution in [0.2, 0.25) is 0 Å². The van der Waals surface area contributed by atoms with Crippen molar-refractivity contribution in [3.8, 4) is 39.4 Å². The van der Waals surface area contributed by atoms with Crippen molar-refractivity contribution in [2.75, 3.05) is 4.90 Å². The van der Waals surface area contributed by atoms with Gasteiger partial charge in [0.2, 0.25) is 5.89 Å². The molecule has 0 fully saturated rings. The van der Waals surface area contributed by atoms with E-state index in [0.29, 0.717) is 5.89 Å². The lowest BCUT2D eigenvalue weighted by molar-refractivity contribution is 0.619. The molecule has 282 valence electrons. The van der Waals surface area contributed by atoms with E-state index in [2.05, 4.69) is 179 Å². The van der Waals surface area contributed by atoms with Crippen LogP contribution in [-0.4, -0.2) is 9.55 Å². The fraction of sp³-hybridized carbons (Fsp3) is 0. The molecule has 0 aliphatic carbocycles. The maximum atomic E-state index is 6.46. The van der Waals surface area contributed by atoms with Crippen molar-refractivity contribution >= 4 is 71.9 Å². The number of hydrogen-bond acceptors (Lipinski definition) is 4. The quantitative estimate of drug-likeness (QED) is 0.162. The highest BCUT2D eigenvalue weighted by Gasteiger charge is 2.20. The van der Waals surface area contributed by atoms with Gasteiger partial charge in [-0.2, -0.15) is 0 Å². The molecule has 0 unspecified atom stereocenters. The van der Waals surface area contributed by atoms with Crippen LogP contribution in [0.1, 0.15) is 0 Å². The van der Waals surface area contributed by atoms with Gasteiger partial charge in [-0.05, 0) is 119 Å². The number of benzene rings is 9. The third-order valence-electron chi connectivity index (χ3n) is 11.6. The van der Waals surface area contributed by atoms with E-state index < -0.39 is 0 Å². The van der Waals surface area contributed by atoms with Crippen molar-refractivity contribution in [2.24, 2.45) is 0 Å². The molecule has 12 rings (SSSR count). The predicted octanol–water partition coefficient (Wildman–Crippen LogP) is 15.3. The molecule has 60 heavy (non-hydrogen) atoms. The number of anilines is 3. The number of oxazole rings is 1. The summed E-state index contributed by atoms with van der Waals surface area (Å²) in [5, 5.41) is 4.40. The second kappa shape index (κ2) is 13.8. The summed E-state index contributed by atoms with van der Waals surface area (Å²) in [7, 11) is 0. The first-order chi connectivity index (χ1) is 29.7. The van der Waals surface area contributed by atoms with Crippen molar-refractivity contribution in [3.63, 3.8) is 0 Å². The molecular formula is C55H35N3O2. The van der Waals surface area contributed by atoms with Crippen LogP contribution in [0.15, 0.2) is 221 Å². The Labute approximate surface area is 345 Å². The summed E-state index contributed by atoms with van der Waals surface area (Å²) in [4.78, 5) is 7.27. The number of aromatic nitrogens is 2. The Balaban J connectivity index is 0.951.